The third kappa shape index (κ3) is 5.23. The molecular formula is C16H30O. The van der Waals surface area contributed by atoms with E-state index in [0.717, 1.165) is 11.8 Å². The molecular weight excluding hydrogens is 208 g/mol. The summed E-state index contributed by atoms with van der Waals surface area (Å²) in [5, 5.41) is 0. The quantitative estimate of drug-likeness (QED) is 0.366. The largest absolute Gasteiger partial charge is 0.303 e. The van der Waals surface area contributed by atoms with Crippen molar-refractivity contribution in [2.75, 3.05) is 0 Å². The summed E-state index contributed by atoms with van der Waals surface area (Å²) in [6.45, 7) is 4.50. The number of carbonyl (C=O) groups excluding carboxylic acids is 1. The van der Waals surface area contributed by atoms with Crippen LogP contribution in [0.3, 0.4) is 0 Å². The van der Waals surface area contributed by atoms with Gasteiger partial charge in [0.1, 0.15) is 6.29 Å². The molecule has 0 aromatic carbocycles. The summed E-state index contributed by atoms with van der Waals surface area (Å²) in [5.41, 5.74) is 0. The number of hydrogen-bond acceptors (Lipinski definition) is 1. The first-order valence-corrected chi connectivity index (χ1v) is 7.80. The van der Waals surface area contributed by atoms with Gasteiger partial charge in [-0.05, 0) is 24.7 Å². The Morgan fingerprint density at radius 2 is 1.24 bits per heavy atom. The lowest BCUT2D eigenvalue weighted by Crippen LogP contribution is -1.86. The van der Waals surface area contributed by atoms with Crippen LogP contribution in [0.5, 0.6) is 0 Å². The smallest absolute Gasteiger partial charge is 0.123 e. The molecule has 0 amide bonds. The molecule has 0 spiro atoms. The van der Waals surface area contributed by atoms with Gasteiger partial charge in [0.15, 0.2) is 0 Å². The van der Waals surface area contributed by atoms with E-state index < -0.39 is 0 Å². The van der Waals surface area contributed by atoms with Gasteiger partial charge >= 0.3 is 0 Å². The first-order chi connectivity index (χ1) is 8.35. The molecule has 1 aliphatic rings. The van der Waals surface area contributed by atoms with E-state index in [4.69, 9.17) is 0 Å². The minimum absolute atomic E-state index is 0.429. The zero-order valence-electron chi connectivity index (χ0n) is 11.8. The van der Waals surface area contributed by atoms with E-state index in [1.807, 2.05) is 0 Å². The van der Waals surface area contributed by atoms with Crippen molar-refractivity contribution in [3.8, 4) is 0 Å². The van der Waals surface area contributed by atoms with E-state index in [1.54, 1.807) is 0 Å². The normalized spacial score (nSPS) is 27.1. The highest BCUT2D eigenvalue weighted by atomic mass is 16.1. The predicted molar refractivity (Wildman–Crippen MR) is 74.1 cm³/mol. The van der Waals surface area contributed by atoms with Crippen LogP contribution in [0.2, 0.25) is 0 Å². The van der Waals surface area contributed by atoms with Crippen LogP contribution < -0.4 is 0 Å². The minimum Gasteiger partial charge on any atom is -0.303 e. The highest BCUT2D eigenvalue weighted by Gasteiger charge is 2.48. The van der Waals surface area contributed by atoms with Crippen molar-refractivity contribution in [2.24, 2.45) is 17.8 Å². The topological polar surface area (TPSA) is 17.1 Å². The fourth-order valence-electron chi connectivity index (χ4n) is 3.10. The van der Waals surface area contributed by atoms with Crippen molar-refractivity contribution in [2.45, 2.75) is 78.1 Å². The first-order valence-electron chi connectivity index (χ1n) is 7.80. The van der Waals surface area contributed by atoms with Crippen molar-refractivity contribution in [1.82, 2.24) is 0 Å². The fraction of sp³-hybridized carbons (Fsp3) is 0.938. The zero-order valence-corrected chi connectivity index (χ0v) is 11.8. The summed E-state index contributed by atoms with van der Waals surface area (Å²) in [5.74, 6) is 1.94. The van der Waals surface area contributed by atoms with Gasteiger partial charge in [-0.15, -0.1) is 0 Å². The second-order valence-electron chi connectivity index (χ2n) is 5.74. The first kappa shape index (κ1) is 14.7. The summed E-state index contributed by atoms with van der Waals surface area (Å²) in [4.78, 5) is 11.0. The standard InChI is InChI=1S/C16H30O/c1-3-5-7-9-11-14-15(16(14)13-17)12-10-8-6-4-2/h13-16H,3-12H2,1-2H3. The predicted octanol–water partition coefficient (Wildman–Crippen LogP) is 4.99. The fourth-order valence-corrected chi connectivity index (χ4v) is 3.10. The lowest BCUT2D eigenvalue weighted by molar-refractivity contribution is -0.109. The maximum atomic E-state index is 11.0. The molecule has 0 radical (unpaired) electrons. The Hall–Kier alpha value is -0.330. The van der Waals surface area contributed by atoms with Crippen LogP contribution in [0.1, 0.15) is 78.1 Å². The van der Waals surface area contributed by atoms with Gasteiger partial charge in [0, 0.05) is 5.92 Å². The van der Waals surface area contributed by atoms with Gasteiger partial charge in [0.2, 0.25) is 0 Å². The van der Waals surface area contributed by atoms with Crippen LogP contribution in [-0.2, 0) is 4.79 Å². The number of unbranched alkanes of at least 4 members (excludes halogenated alkanes) is 6. The molecule has 1 rings (SSSR count). The van der Waals surface area contributed by atoms with Crippen molar-refractivity contribution in [1.29, 1.82) is 0 Å². The molecule has 0 bridgehead atoms. The summed E-state index contributed by atoms with van der Waals surface area (Å²) in [6, 6.07) is 0. The molecule has 0 aromatic heterocycles. The number of rotatable bonds is 11. The Morgan fingerprint density at radius 1 is 0.765 bits per heavy atom. The van der Waals surface area contributed by atoms with E-state index in [-0.39, 0.29) is 0 Å². The second-order valence-corrected chi connectivity index (χ2v) is 5.74. The zero-order chi connectivity index (χ0) is 12.5. The SMILES string of the molecule is CCCCCCC1C(C=O)C1CCCCCC. The van der Waals surface area contributed by atoms with Crippen molar-refractivity contribution >= 4 is 6.29 Å². The average molecular weight is 238 g/mol. The lowest BCUT2D eigenvalue weighted by Gasteiger charge is -2.00. The minimum atomic E-state index is 0.429. The average Bonchev–Trinajstić information content (AvgIpc) is 3.02. The molecule has 1 heteroatoms. The van der Waals surface area contributed by atoms with Gasteiger partial charge < -0.3 is 4.79 Å². The molecule has 2 unspecified atom stereocenters. The maximum Gasteiger partial charge on any atom is 0.123 e. The van der Waals surface area contributed by atoms with Crippen LogP contribution in [0, 0.1) is 17.8 Å². The molecule has 100 valence electrons. The van der Waals surface area contributed by atoms with Gasteiger partial charge in [-0.3, -0.25) is 0 Å². The molecule has 17 heavy (non-hydrogen) atoms. The summed E-state index contributed by atoms with van der Waals surface area (Å²) < 4.78 is 0. The van der Waals surface area contributed by atoms with Crippen LogP contribution in [0.15, 0.2) is 0 Å². The number of carbonyl (C=O) groups is 1. The Labute approximate surface area is 107 Å². The molecule has 0 heterocycles. The number of hydrogen-bond donors (Lipinski definition) is 0. The molecule has 0 aliphatic heterocycles. The van der Waals surface area contributed by atoms with Crippen molar-refractivity contribution in [3.05, 3.63) is 0 Å². The van der Waals surface area contributed by atoms with E-state index in [0.29, 0.717) is 5.92 Å². The van der Waals surface area contributed by atoms with E-state index >= 15 is 0 Å². The molecule has 1 aliphatic carbocycles. The Kier molecular flexibility index (Phi) is 7.55. The van der Waals surface area contributed by atoms with Crippen LogP contribution in [0.4, 0.5) is 0 Å². The van der Waals surface area contributed by atoms with Crippen molar-refractivity contribution in [3.63, 3.8) is 0 Å². The van der Waals surface area contributed by atoms with E-state index in [9.17, 15) is 4.79 Å². The summed E-state index contributed by atoms with van der Waals surface area (Å²) in [6.07, 6.45) is 14.6. The van der Waals surface area contributed by atoms with E-state index in [2.05, 4.69) is 13.8 Å². The molecule has 0 saturated heterocycles. The van der Waals surface area contributed by atoms with Gasteiger partial charge in [-0.25, -0.2) is 0 Å². The molecule has 2 atom stereocenters. The lowest BCUT2D eigenvalue weighted by atomic mass is 10.1. The Bertz CT molecular complexity index is 182. The molecule has 1 saturated carbocycles. The highest BCUT2D eigenvalue weighted by Crippen LogP contribution is 2.51. The maximum absolute atomic E-state index is 11.0. The molecule has 1 nitrogen and oxygen atoms in total. The van der Waals surface area contributed by atoms with Crippen LogP contribution in [-0.4, -0.2) is 6.29 Å². The molecule has 1 fully saturated rings. The molecule has 0 aromatic rings. The van der Waals surface area contributed by atoms with Gasteiger partial charge in [0.25, 0.3) is 0 Å². The third-order valence-corrected chi connectivity index (χ3v) is 4.34. The third-order valence-electron chi connectivity index (χ3n) is 4.34. The Morgan fingerprint density at radius 3 is 1.59 bits per heavy atom. The summed E-state index contributed by atoms with van der Waals surface area (Å²) >= 11 is 0. The summed E-state index contributed by atoms with van der Waals surface area (Å²) in [7, 11) is 0. The monoisotopic (exact) mass is 238 g/mol. The van der Waals surface area contributed by atoms with Gasteiger partial charge in [0.05, 0.1) is 0 Å². The van der Waals surface area contributed by atoms with Crippen LogP contribution in [0.25, 0.3) is 0 Å². The van der Waals surface area contributed by atoms with Crippen molar-refractivity contribution < 1.29 is 4.79 Å². The highest BCUT2D eigenvalue weighted by molar-refractivity contribution is 5.59. The molecule has 0 N–H and O–H groups in total. The second kappa shape index (κ2) is 8.72. The van der Waals surface area contributed by atoms with E-state index in [1.165, 1.54) is 70.5 Å². The Balaban J connectivity index is 2.06. The van der Waals surface area contributed by atoms with Gasteiger partial charge in [-0.2, -0.15) is 0 Å². The number of aldehydes is 1. The van der Waals surface area contributed by atoms with Gasteiger partial charge in [-0.1, -0.05) is 65.2 Å². The van der Waals surface area contributed by atoms with Crippen LogP contribution >= 0.6 is 0 Å².